The first-order chi connectivity index (χ1) is 5.39. The normalized spacial score (nSPS) is 16.0. The van der Waals surface area contributed by atoms with Crippen LogP contribution in [0.15, 0.2) is 27.1 Å². The van der Waals surface area contributed by atoms with Gasteiger partial charge in [0, 0.05) is 13.1 Å². The van der Waals surface area contributed by atoms with Gasteiger partial charge in [0.25, 0.3) is 0 Å². The van der Waals surface area contributed by atoms with Crippen LogP contribution in [0.4, 0.5) is 0 Å². The molecule has 9 heavy (non-hydrogen) atoms. The van der Waals surface area contributed by atoms with Gasteiger partial charge in [0.05, 0.1) is 0 Å². The van der Waals surface area contributed by atoms with E-state index in [1.165, 1.54) is 0 Å². The average Bonchev–Trinajstić information content (AvgIpc) is 1.82. The second-order valence-electron chi connectivity index (χ2n) is 1.66. The molecule has 0 saturated carbocycles. The Labute approximate surface area is 75.7 Å². The highest BCUT2D eigenvalue weighted by atomic mass is 79.9. The molecule has 0 atom stereocenters. The molecular weight excluding hydrogens is 244 g/mol. The van der Waals surface area contributed by atoms with Gasteiger partial charge in [-0.1, -0.05) is 31.9 Å². The third-order valence-electron chi connectivity index (χ3n) is 0.863. The van der Waals surface area contributed by atoms with Crippen LogP contribution >= 0.6 is 31.9 Å². The fraction of sp³-hybridized carbons (Fsp3) is 0.143. The number of hydrogen-bond acceptors (Lipinski definition) is 0. The van der Waals surface area contributed by atoms with Crippen molar-refractivity contribution in [3.63, 3.8) is 0 Å². The third-order valence-corrected chi connectivity index (χ3v) is 1.78. The second-order valence-corrected chi connectivity index (χ2v) is 3.49. The van der Waals surface area contributed by atoms with Crippen LogP contribution in [0.5, 0.6) is 0 Å². The molecule has 0 unspecified atom stereocenters. The molecule has 0 bridgehead atoms. The Hall–Kier alpha value is 0.180. The van der Waals surface area contributed by atoms with Gasteiger partial charge in [-0.05, 0) is 30.6 Å². The Balaban J connectivity index is 3.18. The second kappa shape index (κ2) is 2.84. The van der Waals surface area contributed by atoms with Crippen LogP contribution in [-0.2, 0) is 0 Å². The summed E-state index contributed by atoms with van der Waals surface area (Å²) in [5.41, 5.74) is 0.337. The van der Waals surface area contributed by atoms with Crippen molar-refractivity contribution in [2.45, 2.75) is 6.85 Å². The van der Waals surface area contributed by atoms with Crippen molar-refractivity contribution < 1.29 is 4.11 Å². The molecule has 0 fully saturated rings. The van der Waals surface area contributed by atoms with Gasteiger partial charge in [-0.15, -0.1) is 0 Å². The minimum atomic E-state index is -2.04. The standard InChI is InChI=1S/C7H6Br2/c1-5-2-6(8)4-7(9)3-5/h2-4H,1H3/i1D3. The van der Waals surface area contributed by atoms with Crippen LogP contribution < -0.4 is 0 Å². The summed E-state index contributed by atoms with van der Waals surface area (Å²) >= 11 is 6.45. The van der Waals surface area contributed by atoms with Gasteiger partial charge in [-0.2, -0.15) is 0 Å². The summed E-state index contributed by atoms with van der Waals surface area (Å²) < 4.78 is 23.0. The molecule has 0 aliphatic heterocycles. The van der Waals surface area contributed by atoms with Crippen molar-refractivity contribution in [3.8, 4) is 0 Å². The molecule has 0 aromatic heterocycles. The SMILES string of the molecule is [2H]C([2H])([2H])c1cc(Br)cc(Br)c1. The zero-order valence-corrected chi connectivity index (χ0v) is 7.66. The molecule has 0 nitrogen and oxygen atoms in total. The zero-order valence-electron chi connectivity index (χ0n) is 7.49. The summed E-state index contributed by atoms with van der Waals surface area (Å²) in [5, 5.41) is 0. The number of hydrogen-bond donors (Lipinski definition) is 0. The highest BCUT2D eigenvalue weighted by Crippen LogP contribution is 2.18. The summed E-state index contributed by atoms with van der Waals surface area (Å²) in [6.45, 7) is -2.04. The number of rotatable bonds is 0. The topological polar surface area (TPSA) is 0 Å². The van der Waals surface area contributed by atoms with Gasteiger partial charge in [-0.25, -0.2) is 0 Å². The van der Waals surface area contributed by atoms with Crippen LogP contribution in [0, 0.1) is 6.85 Å². The molecular formula is C7H6Br2. The fourth-order valence-electron chi connectivity index (χ4n) is 0.554. The van der Waals surface area contributed by atoms with E-state index in [1.807, 2.05) is 0 Å². The van der Waals surface area contributed by atoms with E-state index in [9.17, 15) is 0 Å². The summed E-state index contributed by atoms with van der Waals surface area (Å²) in [5.74, 6) is 0. The molecule has 0 spiro atoms. The van der Waals surface area contributed by atoms with E-state index < -0.39 is 6.85 Å². The maximum atomic E-state index is 7.16. The molecule has 2 heteroatoms. The van der Waals surface area contributed by atoms with Crippen LogP contribution in [-0.4, -0.2) is 0 Å². The predicted octanol–water partition coefficient (Wildman–Crippen LogP) is 3.52. The van der Waals surface area contributed by atoms with Crippen LogP contribution in [0.2, 0.25) is 0 Å². The molecule has 0 heterocycles. The lowest BCUT2D eigenvalue weighted by molar-refractivity contribution is 1.43. The summed E-state index contributed by atoms with van der Waals surface area (Å²) in [6.07, 6.45) is 0. The van der Waals surface area contributed by atoms with Crippen molar-refractivity contribution in [1.82, 2.24) is 0 Å². The molecule has 0 N–H and O–H groups in total. The third kappa shape index (κ3) is 2.11. The molecule has 0 amide bonds. The Morgan fingerprint density at radius 1 is 1.22 bits per heavy atom. The molecule has 0 aliphatic rings. The number of halogens is 2. The lowest BCUT2D eigenvalue weighted by Crippen LogP contribution is -1.71. The van der Waals surface area contributed by atoms with Gasteiger partial charge in [0.1, 0.15) is 0 Å². The Bertz CT molecular complexity index is 273. The quantitative estimate of drug-likeness (QED) is 0.663. The first-order valence-corrected chi connectivity index (χ1v) is 3.95. The molecule has 0 radical (unpaired) electrons. The average molecular weight is 253 g/mol. The molecule has 48 valence electrons. The van der Waals surface area contributed by atoms with E-state index in [2.05, 4.69) is 31.9 Å². The Morgan fingerprint density at radius 3 is 2.22 bits per heavy atom. The largest absolute Gasteiger partial charge is 0.0508 e. The maximum Gasteiger partial charge on any atom is 0.0280 e. The first-order valence-electron chi connectivity index (χ1n) is 3.86. The monoisotopic (exact) mass is 251 g/mol. The van der Waals surface area contributed by atoms with E-state index in [-0.39, 0.29) is 0 Å². The first kappa shape index (κ1) is 4.14. The van der Waals surface area contributed by atoms with Gasteiger partial charge in [-0.3, -0.25) is 0 Å². The molecule has 1 aromatic carbocycles. The lowest BCUT2D eigenvalue weighted by atomic mass is 10.2. The van der Waals surface area contributed by atoms with E-state index in [4.69, 9.17) is 4.11 Å². The van der Waals surface area contributed by atoms with Gasteiger partial charge in [0.15, 0.2) is 0 Å². The smallest absolute Gasteiger partial charge is 0.0280 e. The van der Waals surface area contributed by atoms with Gasteiger partial charge in [0.2, 0.25) is 0 Å². The van der Waals surface area contributed by atoms with Gasteiger partial charge < -0.3 is 0 Å². The zero-order chi connectivity index (χ0) is 9.35. The highest BCUT2D eigenvalue weighted by molar-refractivity contribution is 9.11. The van der Waals surface area contributed by atoms with E-state index in [1.54, 1.807) is 18.2 Å². The molecule has 0 saturated heterocycles. The summed E-state index contributed by atoms with van der Waals surface area (Å²) in [7, 11) is 0. The Kier molecular flexibility index (Phi) is 1.31. The maximum absolute atomic E-state index is 7.16. The van der Waals surface area contributed by atoms with E-state index >= 15 is 0 Å². The predicted molar refractivity (Wildman–Crippen MR) is 46.6 cm³/mol. The fourth-order valence-corrected chi connectivity index (χ4v) is 1.85. The van der Waals surface area contributed by atoms with Crippen molar-refractivity contribution in [2.75, 3.05) is 0 Å². The number of benzene rings is 1. The van der Waals surface area contributed by atoms with Crippen LogP contribution in [0.25, 0.3) is 0 Å². The van der Waals surface area contributed by atoms with Gasteiger partial charge >= 0.3 is 0 Å². The number of aryl methyl sites for hydroxylation is 1. The van der Waals surface area contributed by atoms with Crippen molar-refractivity contribution >= 4 is 31.9 Å². The minimum absolute atomic E-state index is 0.337. The molecule has 1 rings (SSSR count). The van der Waals surface area contributed by atoms with Crippen molar-refractivity contribution in [2.24, 2.45) is 0 Å². The van der Waals surface area contributed by atoms with Crippen molar-refractivity contribution in [1.29, 1.82) is 0 Å². The Morgan fingerprint density at radius 2 is 1.78 bits per heavy atom. The van der Waals surface area contributed by atoms with Crippen molar-refractivity contribution in [3.05, 3.63) is 32.7 Å². The van der Waals surface area contributed by atoms with Crippen LogP contribution in [0.3, 0.4) is 0 Å². The summed E-state index contributed by atoms with van der Waals surface area (Å²) in [4.78, 5) is 0. The van der Waals surface area contributed by atoms with E-state index in [0.29, 0.717) is 5.56 Å². The minimum Gasteiger partial charge on any atom is -0.0508 e. The molecule has 1 aromatic rings. The molecule has 0 aliphatic carbocycles. The van der Waals surface area contributed by atoms with Crippen LogP contribution in [0.1, 0.15) is 9.68 Å². The van der Waals surface area contributed by atoms with E-state index in [0.717, 1.165) is 8.95 Å². The lowest BCUT2D eigenvalue weighted by Gasteiger charge is -1.94. The highest BCUT2D eigenvalue weighted by Gasteiger charge is 1.90. The summed E-state index contributed by atoms with van der Waals surface area (Å²) in [6, 6.07) is 4.99.